The van der Waals surface area contributed by atoms with Crippen molar-refractivity contribution in [2.45, 2.75) is 6.92 Å². The predicted molar refractivity (Wildman–Crippen MR) is 103 cm³/mol. The van der Waals surface area contributed by atoms with Crippen molar-refractivity contribution in [1.82, 2.24) is 4.98 Å². The van der Waals surface area contributed by atoms with E-state index < -0.39 is 11.9 Å². The molecule has 0 bridgehead atoms. The topological polar surface area (TPSA) is 68.3 Å². The smallest absolute Gasteiger partial charge is 0.350 e. The van der Waals surface area contributed by atoms with Gasteiger partial charge in [-0.2, -0.15) is 0 Å². The molecule has 0 spiro atoms. The van der Waals surface area contributed by atoms with Gasteiger partial charge in [0.05, 0.1) is 5.69 Å². The van der Waals surface area contributed by atoms with Crippen LogP contribution in [0, 0.1) is 6.92 Å². The molecule has 0 unspecified atom stereocenters. The second-order valence-corrected chi connectivity index (χ2v) is 6.87. The van der Waals surface area contributed by atoms with Crippen LogP contribution in [0.15, 0.2) is 54.6 Å². The van der Waals surface area contributed by atoms with Gasteiger partial charge in [0.15, 0.2) is 6.61 Å². The standard InChI is InChI=1S/C19H15ClN2O3S/c1-12-17(26-18(21-12)13-6-3-2-4-7-13)19(24)25-11-16(23)22-15-9-5-8-14(20)10-15/h2-10H,11H2,1H3,(H,22,23). The maximum Gasteiger partial charge on any atom is 0.350 e. The Morgan fingerprint density at radius 1 is 1.15 bits per heavy atom. The van der Waals surface area contributed by atoms with Crippen molar-refractivity contribution < 1.29 is 14.3 Å². The molecule has 0 radical (unpaired) electrons. The first-order valence-corrected chi connectivity index (χ1v) is 8.98. The lowest BCUT2D eigenvalue weighted by Crippen LogP contribution is -2.20. The van der Waals surface area contributed by atoms with Crippen molar-refractivity contribution in [3.63, 3.8) is 0 Å². The zero-order valence-corrected chi connectivity index (χ0v) is 15.4. The van der Waals surface area contributed by atoms with Crippen molar-refractivity contribution in [3.05, 3.63) is 70.2 Å². The summed E-state index contributed by atoms with van der Waals surface area (Å²) in [7, 11) is 0. The monoisotopic (exact) mass is 386 g/mol. The lowest BCUT2D eigenvalue weighted by Gasteiger charge is -2.06. The molecule has 0 saturated carbocycles. The van der Waals surface area contributed by atoms with Gasteiger partial charge in [0, 0.05) is 16.3 Å². The van der Waals surface area contributed by atoms with Crippen LogP contribution in [0.3, 0.4) is 0 Å². The number of aromatic nitrogens is 1. The van der Waals surface area contributed by atoms with Gasteiger partial charge in [0.2, 0.25) is 0 Å². The molecule has 1 N–H and O–H groups in total. The van der Waals surface area contributed by atoms with Crippen LogP contribution in [0.2, 0.25) is 5.02 Å². The normalized spacial score (nSPS) is 10.4. The second kappa shape index (κ2) is 8.12. The molecule has 3 rings (SSSR count). The van der Waals surface area contributed by atoms with Crippen molar-refractivity contribution in [2.75, 3.05) is 11.9 Å². The maximum atomic E-state index is 12.3. The fourth-order valence-electron chi connectivity index (χ4n) is 2.25. The number of rotatable bonds is 5. The first-order valence-electron chi connectivity index (χ1n) is 7.78. The van der Waals surface area contributed by atoms with E-state index in [1.165, 1.54) is 11.3 Å². The largest absolute Gasteiger partial charge is 0.451 e. The van der Waals surface area contributed by atoms with Gasteiger partial charge in [0.25, 0.3) is 5.91 Å². The third-order valence-corrected chi connectivity index (χ3v) is 4.87. The van der Waals surface area contributed by atoms with Gasteiger partial charge in [-0.25, -0.2) is 9.78 Å². The summed E-state index contributed by atoms with van der Waals surface area (Å²) < 4.78 is 5.11. The Balaban J connectivity index is 1.61. The number of hydrogen-bond acceptors (Lipinski definition) is 5. The number of carbonyl (C=O) groups is 2. The van der Waals surface area contributed by atoms with Gasteiger partial charge in [-0.1, -0.05) is 48.0 Å². The molecule has 3 aromatic rings. The van der Waals surface area contributed by atoms with Crippen molar-refractivity contribution in [2.24, 2.45) is 0 Å². The van der Waals surface area contributed by atoms with E-state index in [1.54, 1.807) is 31.2 Å². The molecule has 1 aromatic heterocycles. The van der Waals surface area contributed by atoms with Gasteiger partial charge in [-0.3, -0.25) is 4.79 Å². The van der Waals surface area contributed by atoms with E-state index in [-0.39, 0.29) is 6.61 Å². The minimum atomic E-state index is -0.566. The molecule has 0 fully saturated rings. The lowest BCUT2D eigenvalue weighted by atomic mass is 10.2. The van der Waals surface area contributed by atoms with Gasteiger partial charge >= 0.3 is 5.97 Å². The number of esters is 1. The van der Waals surface area contributed by atoms with Crippen LogP contribution < -0.4 is 5.32 Å². The highest BCUT2D eigenvalue weighted by Gasteiger charge is 2.18. The summed E-state index contributed by atoms with van der Waals surface area (Å²) in [5.41, 5.74) is 2.05. The highest BCUT2D eigenvalue weighted by Crippen LogP contribution is 2.28. The van der Waals surface area contributed by atoms with Crippen LogP contribution in [-0.4, -0.2) is 23.5 Å². The first-order chi connectivity index (χ1) is 12.5. The summed E-state index contributed by atoms with van der Waals surface area (Å²) in [5, 5.41) is 3.86. The van der Waals surface area contributed by atoms with E-state index in [0.29, 0.717) is 21.3 Å². The Hall–Kier alpha value is -2.70. The van der Waals surface area contributed by atoms with E-state index in [2.05, 4.69) is 10.3 Å². The average Bonchev–Trinajstić information content (AvgIpc) is 3.02. The third-order valence-electron chi connectivity index (χ3n) is 3.45. The minimum absolute atomic E-state index is 0.386. The van der Waals surface area contributed by atoms with Crippen molar-refractivity contribution in [3.8, 4) is 10.6 Å². The molecule has 0 saturated heterocycles. The summed E-state index contributed by atoms with van der Waals surface area (Å²) in [6.45, 7) is 1.36. The van der Waals surface area contributed by atoms with Gasteiger partial charge in [0.1, 0.15) is 9.88 Å². The highest BCUT2D eigenvalue weighted by atomic mass is 35.5. The van der Waals surface area contributed by atoms with Crippen LogP contribution in [-0.2, 0) is 9.53 Å². The maximum absolute atomic E-state index is 12.3. The van der Waals surface area contributed by atoms with Gasteiger partial charge < -0.3 is 10.1 Å². The molecule has 26 heavy (non-hydrogen) atoms. The SMILES string of the molecule is Cc1nc(-c2ccccc2)sc1C(=O)OCC(=O)Nc1cccc(Cl)c1. The summed E-state index contributed by atoms with van der Waals surface area (Å²) in [4.78, 5) is 29.0. The number of anilines is 1. The second-order valence-electron chi connectivity index (χ2n) is 5.43. The van der Waals surface area contributed by atoms with Crippen LogP contribution in [0.5, 0.6) is 0 Å². The molecule has 2 aromatic carbocycles. The van der Waals surface area contributed by atoms with Gasteiger partial charge in [-0.15, -0.1) is 11.3 Å². The summed E-state index contributed by atoms with van der Waals surface area (Å²) in [5.74, 6) is -1.01. The van der Waals surface area contributed by atoms with E-state index in [9.17, 15) is 9.59 Å². The molecular weight excluding hydrogens is 372 g/mol. The van der Waals surface area contributed by atoms with E-state index in [0.717, 1.165) is 10.6 Å². The number of ether oxygens (including phenoxy) is 1. The fourth-order valence-corrected chi connectivity index (χ4v) is 3.41. The Kier molecular flexibility index (Phi) is 5.65. The molecule has 0 aliphatic rings. The zero-order valence-electron chi connectivity index (χ0n) is 13.9. The number of carbonyl (C=O) groups excluding carboxylic acids is 2. The molecule has 5 nitrogen and oxygen atoms in total. The van der Waals surface area contributed by atoms with Crippen molar-refractivity contribution >= 4 is 40.5 Å². The Labute approximate surface area is 159 Å². The highest BCUT2D eigenvalue weighted by molar-refractivity contribution is 7.17. The summed E-state index contributed by atoms with van der Waals surface area (Å²) >= 11 is 7.11. The molecule has 0 atom stereocenters. The molecule has 1 heterocycles. The average molecular weight is 387 g/mol. The number of nitrogens with one attached hydrogen (secondary N) is 1. The number of benzene rings is 2. The molecule has 132 valence electrons. The van der Waals surface area contributed by atoms with E-state index in [1.807, 2.05) is 30.3 Å². The molecule has 0 aliphatic carbocycles. The number of hydrogen-bond donors (Lipinski definition) is 1. The lowest BCUT2D eigenvalue weighted by molar-refractivity contribution is -0.119. The number of halogens is 1. The predicted octanol–water partition coefficient (Wildman–Crippen LogP) is 4.57. The number of nitrogens with zero attached hydrogens (tertiary/aromatic N) is 1. The molecule has 0 aliphatic heterocycles. The summed E-state index contributed by atoms with van der Waals surface area (Å²) in [6.07, 6.45) is 0. The molecule has 7 heteroatoms. The van der Waals surface area contributed by atoms with Crippen LogP contribution in [0.4, 0.5) is 5.69 Å². The van der Waals surface area contributed by atoms with Crippen LogP contribution >= 0.6 is 22.9 Å². The quantitative estimate of drug-likeness (QED) is 0.652. The Morgan fingerprint density at radius 3 is 2.65 bits per heavy atom. The first kappa shape index (κ1) is 18.1. The molecule has 1 amide bonds. The Morgan fingerprint density at radius 2 is 1.92 bits per heavy atom. The zero-order chi connectivity index (χ0) is 18.5. The summed E-state index contributed by atoms with van der Waals surface area (Å²) in [6, 6.07) is 16.3. The van der Waals surface area contributed by atoms with Crippen LogP contribution in [0.1, 0.15) is 15.4 Å². The van der Waals surface area contributed by atoms with Crippen LogP contribution in [0.25, 0.3) is 10.6 Å². The number of amides is 1. The fraction of sp³-hybridized carbons (Fsp3) is 0.105. The van der Waals surface area contributed by atoms with E-state index in [4.69, 9.17) is 16.3 Å². The Bertz CT molecular complexity index is 941. The van der Waals surface area contributed by atoms with Crippen molar-refractivity contribution in [1.29, 1.82) is 0 Å². The van der Waals surface area contributed by atoms with Gasteiger partial charge in [-0.05, 0) is 25.1 Å². The van der Waals surface area contributed by atoms with E-state index >= 15 is 0 Å². The molecular formula is C19H15ClN2O3S. The number of thiazole rings is 1. The number of aryl methyl sites for hydroxylation is 1. The third kappa shape index (κ3) is 4.47. The minimum Gasteiger partial charge on any atom is -0.451 e.